The Balaban J connectivity index is 1.31. The van der Waals surface area contributed by atoms with Gasteiger partial charge in [-0.05, 0) is 54.6 Å². The Labute approximate surface area is 221 Å². The smallest absolute Gasteiger partial charge is 0.266 e. The summed E-state index contributed by atoms with van der Waals surface area (Å²) in [4.78, 5) is 38.3. The van der Waals surface area contributed by atoms with E-state index in [2.05, 4.69) is 25.0 Å². The number of hydrogen-bond donors (Lipinski definition) is 2. The molecule has 2 aromatic heterocycles. The minimum absolute atomic E-state index is 0.00966. The van der Waals surface area contributed by atoms with Crippen LogP contribution in [0.4, 0.5) is 11.6 Å². The number of amides is 1. The Morgan fingerprint density at radius 3 is 2.29 bits per heavy atom. The molecule has 2 N–H and O–H groups in total. The molecular formula is C26H20N6O4S2. The molecule has 0 bridgehead atoms. The van der Waals surface area contributed by atoms with Crippen LogP contribution < -0.4 is 15.6 Å². The van der Waals surface area contributed by atoms with Gasteiger partial charge in [0.05, 0.1) is 27.2 Å². The predicted octanol–water partition coefficient (Wildman–Crippen LogP) is 3.71. The van der Waals surface area contributed by atoms with Crippen LogP contribution in [-0.2, 0) is 14.8 Å². The molecule has 0 atom stereocenters. The number of sulfonamides is 1. The van der Waals surface area contributed by atoms with Crippen LogP contribution in [0.15, 0.2) is 112 Å². The van der Waals surface area contributed by atoms with Crippen LogP contribution in [0.25, 0.3) is 16.6 Å². The number of fused-ring (bicyclic) bond motifs is 1. The molecule has 0 unspecified atom stereocenters. The van der Waals surface area contributed by atoms with Crippen LogP contribution in [0.3, 0.4) is 0 Å². The number of nitrogens with one attached hydrogen (secondary N) is 2. The number of hydrogen-bond acceptors (Lipinski definition) is 8. The molecule has 0 aliphatic rings. The number of aromatic nitrogens is 4. The molecule has 0 spiro atoms. The Hall–Kier alpha value is -4.55. The minimum Gasteiger partial charge on any atom is -0.325 e. The molecule has 0 fully saturated rings. The SMILES string of the molecule is O=C(CSc1nc2ccccc2c(=O)n1-c1ccccc1)Nc1ccc(S(=O)(=O)Nc2ncccn2)cc1. The number of carbonyl (C=O) groups excluding carboxylic acids is 1. The van der Waals surface area contributed by atoms with Gasteiger partial charge in [0.15, 0.2) is 5.16 Å². The van der Waals surface area contributed by atoms with Crippen molar-refractivity contribution in [2.75, 3.05) is 15.8 Å². The summed E-state index contributed by atoms with van der Waals surface area (Å²) >= 11 is 1.13. The largest absolute Gasteiger partial charge is 0.325 e. The molecule has 1 amide bonds. The van der Waals surface area contributed by atoms with Crippen LogP contribution in [0.2, 0.25) is 0 Å². The number of thioether (sulfide) groups is 1. The van der Waals surface area contributed by atoms with Gasteiger partial charge in [0.25, 0.3) is 15.6 Å². The average molecular weight is 545 g/mol. The van der Waals surface area contributed by atoms with E-state index in [4.69, 9.17) is 0 Å². The zero-order valence-electron chi connectivity index (χ0n) is 19.7. The lowest BCUT2D eigenvalue weighted by molar-refractivity contribution is -0.113. The fraction of sp³-hybridized carbons (Fsp3) is 0.0385. The van der Waals surface area contributed by atoms with Crippen molar-refractivity contribution >= 4 is 50.2 Å². The van der Waals surface area contributed by atoms with Gasteiger partial charge in [-0.15, -0.1) is 0 Å². The van der Waals surface area contributed by atoms with Crippen molar-refractivity contribution in [1.29, 1.82) is 0 Å². The normalized spacial score (nSPS) is 11.3. The van der Waals surface area contributed by atoms with Crippen molar-refractivity contribution in [2.45, 2.75) is 10.1 Å². The summed E-state index contributed by atoms with van der Waals surface area (Å²) in [6.07, 6.45) is 2.85. The second-order valence-corrected chi connectivity index (χ2v) is 10.6. The van der Waals surface area contributed by atoms with Crippen molar-refractivity contribution in [3.8, 4) is 5.69 Å². The fourth-order valence-corrected chi connectivity index (χ4v) is 5.36. The average Bonchev–Trinajstić information content (AvgIpc) is 2.93. The summed E-state index contributed by atoms with van der Waals surface area (Å²) < 4.78 is 28.9. The van der Waals surface area contributed by atoms with Crippen molar-refractivity contribution < 1.29 is 13.2 Å². The molecule has 38 heavy (non-hydrogen) atoms. The summed E-state index contributed by atoms with van der Waals surface area (Å²) in [6, 6.07) is 23.4. The molecule has 2 heterocycles. The minimum atomic E-state index is -3.89. The Kier molecular flexibility index (Phi) is 7.15. The first kappa shape index (κ1) is 25.1. The highest BCUT2D eigenvalue weighted by atomic mass is 32.2. The number of nitrogens with zero attached hydrogens (tertiary/aromatic N) is 4. The van der Waals surface area contributed by atoms with Gasteiger partial charge in [-0.1, -0.05) is 42.1 Å². The molecule has 3 aromatic carbocycles. The number of rotatable bonds is 8. The number of benzene rings is 3. The van der Waals surface area contributed by atoms with E-state index in [-0.39, 0.29) is 28.1 Å². The van der Waals surface area contributed by atoms with Crippen LogP contribution in [-0.4, -0.2) is 39.6 Å². The summed E-state index contributed by atoms with van der Waals surface area (Å²) in [5.41, 5.74) is 1.37. The van der Waals surface area contributed by atoms with Crippen LogP contribution >= 0.6 is 11.8 Å². The first-order chi connectivity index (χ1) is 18.4. The molecule has 0 aliphatic carbocycles. The molecule has 0 radical (unpaired) electrons. The number of para-hydroxylation sites is 2. The highest BCUT2D eigenvalue weighted by Gasteiger charge is 2.17. The number of anilines is 2. The molecule has 0 aliphatic heterocycles. The van der Waals surface area contributed by atoms with Gasteiger partial charge < -0.3 is 5.32 Å². The molecule has 190 valence electrons. The van der Waals surface area contributed by atoms with E-state index < -0.39 is 10.0 Å². The summed E-state index contributed by atoms with van der Waals surface area (Å²) in [5, 5.41) is 3.60. The van der Waals surface area contributed by atoms with E-state index in [1.807, 2.05) is 18.2 Å². The highest BCUT2D eigenvalue weighted by Crippen LogP contribution is 2.22. The third-order valence-electron chi connectivity index (χ3n) is 5.33. The maximum atomic E-state index is 13.3. The summed E-state index contributed by atoms with van der Waals surface area (Å²) in [6.45, 7) is 0. The molecule has 12 heteroatoms. The third kappa shape index (κ3) is 5.56. The molecule has 0 saturated heterocycles. The molecular weight excluding hydrogens is 524 g/mol. The molecule has 5 aromatic rings. The van der Waals surface area contributed by atoms with Crippen molar-refractivity contribution in [2.24, 2.45) is 0 Å². The van der Waals surface area contributed by atoms with Crippen molar-refractivity contribution in [1.82, 2.24) is 19.5 Å². The highest BCUT2D eigenvalue weighted by molar-refractivity contribution is 7.99. The maximum Gasteiger partial charge on any atom is 0.266 e. The zero-order valence-corrected chi connectivity index (χ0v) is 21.3. The first-order valence-electron chi connectivity index (χ1n) is 11.3. The summed E-state index contributed by atoms with van der Waals surface area (Å²) in [5.74, 6) is -0.411. The fourth-order valence-electron chi connectivity index (χ4n) is 3.59. The van der Waals surface area contributed by atoms with Gasteiger partial charge in [0.1, 0.15) is 0 Å². The Morgan fingerprint density at radius 2 is 1.55 bits per heavy atom. The van der Waals surface area contributed by atoms with Crippen LogP contribution in [0, 0.1) is 0 Å². The van der Waals surface area contributed by atoms with Gasteiger partial charge in [-0.2, -0.15) is 0 Å². The Bertz CT molecular complexity index is 1760. The van der Waals surface area contributed by atoms with Gasteiger partial charge >= 0.3 is 0 Å². The first-order valence-corrected chi connectivity index (χ1v) is 13.8. The molecule has 10 nitrogen and oxygen atoms in total. The monoisotopic (exact) mass is 544 g/mol. The van der Waals surface area contributed by atoms with Crippen molar-refractivity contribution in [3.05, 3.63) is 108 Å². The van der Waals surface area contributed by atoms with E-state index in [9.17, 15) is 18.0 Å². The lowest BCUT2D eigenvalue weighted by Gasteiger charge is -2.13. The van der Waals surface area contributed by atoms with Gasteiger partial charge in [0, 0.05) is 18.1 Å². The van der Waals surface area contributed by atoms with Gasteiger partial charge in [0.2, 0.25) is 11.9 Å². The van der Waals surface area contributed by atoms with Crippen LogP contribution in [0.5, 0.6) is 0 Å². The zero-order chi connectivity index (χ0) is 26.5. The van der Waals surface area contributed by atoms with E-state index in [1.54, 1.807) is 42.5 Å². The summed E-state index contributed by atoms with van der Waals surface area (Å²) in [7, 11) is -3.89. The van der Waals surface area contributed by atoms with Crippen LogP contribution in [0.1, 0.15) is 0 Å². The maximum absolute atomic E-state index is 13.3. The topological polar surface area (TPSA) is 136 Å². The standard InChI is InChI=1S/C26H20N6O4S2/c33-23(29-18-11-13-20(14-12-18)38(35,36)31-25-27-15-6-16-28-25)17-37-26-30-22-10-5-4-9-21(22)24(34)32(26)19-7-2-1-3-8-19/h1-16H,17H2,(H,29,33)(H,27,28,31). The Morgan fingerprint density at radius 1 is 0.868 bits per heavy atom. The van der Waals surface area contributed by atoms with Crippen molar-refractivity contribution in [3.63, 3.8) is 0 Å². The predicted molar refractivity (Wildman–Crippen MR) is 146 cm³/mol. The van der Waals surface area contributed by atoms with E-state index >= 15 is 0 Å². The van der Waals surface area contributed by atoms with Gasteiger partial charge in [-0.3, -0.25) is 14.2 Å². The lowest BCUT2D eigenvalue weighted by Crippen LogP contribution is -2.23. The quantitative estimate of drug-likeness (QED) is 0.223. The third-order valence-corrected chi connectivity index (χ3v) is 7.61. The van der Waals surface area contributed by atoms with E-state index in [0.29, 0.717) is 27.4 Å². The molecule has 0 saturated carbocycles. The van der Waals surface area contributed by atoms with E-state index in [1.165, 1.54) is 41.2 Å². The van der Waals surface area contributed by atoms with E-state index in [0.717, 1.165) is 11.8 Å². The second-order valence-electron chi connectivity index (χ2n) is 7.93. The lowest BCUT2D eigenvalue weighted by atomic mass is 10.2. The second kappa shape index (κ2) is 10.8. The number of carbonyl (C=O) groups is 1. The van der Waals surface area contributed by atoms with Gasteiger partial charge in [-0.25, -0.2) is 28.1 Å². The molecule has 5 rings (SSSR count).